The molecule has 0 aliphatic rings. The normalized spacial score (nSPS) is 10.6. The van der Waals surface area contributed by atoms with Crippen molar-refractivity contribution >= 4 is 34.5 Å². The summed E-state index contributed by atoms with van der Waals surface area (Å²) in [6.07, 6.45) is 0. The van der Waals surface area contributed by atoms with Gasteiger partial charge in [0.1, 0.15) is 11.5 Å². The predicted octanol–water partition coefficient (Wildman–Crippen LogP) is 7.32. The lowest BCUT2D eigenvalue weighted by Crippen LogP contribution is -2.12. The van der Waals surface area contributed by atoms with E-state index in [4.69, 9.17) is 9.47 Å². The Morgan fingerprint density at radius 3 is 1.71 bits per heavy atom. The maximum atomic E-state index is 13.0. The van der Waals surface area contributed by atoms with Crippen molar-refractivity contribution in [2.45, 2.75) is 20.8 Å². The summed E-state index contributed by atoms with van der Waals surface area (Å²) in [5.41, 5.74) is 5.41. The van der Waals surface area contributed by atoms with Crippen LogP contribution in [0.2, 0.25) is 0 Å². The highest BCUT2D eigenvalue weighted by Crippen LogP contribution is 2.43. The van der Waals surface area contributed by atoms with Crippen LogP contribution < -0.4 is 9.47 Å². The summed E-state index contributed by atoms with van der Waals surface area (Å²) in [6, 6.07) is 25.2. The standard InChI is InChI=1S/C29H23IO4/c1-18-12-16-22(17-13-18)29(32)34-24-11-7-10-23(33-28(31)21-8-5-4-6-9-21)26(24)25-19(2)14-15-20(3)27(25)30/h4-17H,1-3H3. The van der Waals surface area contributed by atoms with Crippen LogP contribution in [0.5, 0.6) is 11.5 Å². The first-order valence-corrected chi connectivity index (χ1v) is 11.9. The van der Waals surface area contributed by atoms with Gasteiger partial charge < -0.3 is 9.47 Å². The molecule has 170 valence electrons. The summed E-state index contributed by atoms with van der Waals surface area (Å²) >= 11 is 2.28. The van der Waals surface area contributed by atoms with Gasteiger partial charge in [-0.05, 0) is 90.9 Å². The van der Waals surface area contributed by atoms with Crippen LogP contribution in [0.1, 0.15) is 37.4 Å². The lowest BCUT2D eigenvalue weighted by atomic mass is 9.96. The van der Waals surface area contributed by atoms with Gasteiger partial charge in [-0.15, -0.1) is 0 Å². The van der Waals surface area contributed by atoms with E-state index >= 15 is 0 Å². The zero-order valence-corrected chi connectivity index (χ0v) is 21.3. The predicted molar refractivity (Wildman–Crippen MR) is 142 cm³/mol. The van der Waals surface area contributed by atoms with Crippen molar-refractivity contribution in [3.63, 3.8) is 0 Å². The molecule has 0 radical (unpaired) electrons. The Hall–Kier alpha value is -3.45. The van der Waals surface area contributed by atoms with Gasteiger partial charge in [0.2, 0.25) is 0 Å². The third-order valence-corrected chi connectivity index (χ3v) is 6.87. The molecule has 0 unspecified atom stereocenters. The summed E-state index contributed by atoms with van der Waals surface area (Å²) in [4.78, 5) is 25.9. The first kappa shape index (κ1) is 23.7. The van der Waals surface area contributed by atoms with E-state index in [0.717, 1.165) is 25.8 Å². The van der Waals surface area contributed by atoms with Crippen LogP contribution in [0, 0.1) is 24.3 Å². The Bertz CT molecular complexity index is 1360. The Morgan fingerprint density at radius 2 is 1.12 bits per heavy atom. The van der Waals surface area contributed by atoms with Gasteiger partial charge in [0.05, 0.1) is 16.7 Å². The maximum absolute atomic E-state index is 13.0. The second kappa shape index (κ2) is 10.2. The molecular formula is C29H23IO4. The number of carbonyl (C=O) groups excluding carboxylic acids is 2. The molecule has 5 heteroatoms. The topological polar surface area (TPSA) is 52.6 Å². The fourth-order valence-corrected chi connectivity index (χ4v) is 4.47. The van der Waals surface area contributed by atoms with Gasteiger partial charge in [-0.1, -0.05) is 54.1 Å². The number of rotatable bonds is 5. The average Bonchev–Trinajstić information content (AvgIpc) is 2.84. The molecule has 4 aromatic carbocycles. The van der Waals surface area contributed by atoms with Crippen LogP contribution in [0.25, 0.3) is 11.1 Å². The van der Waals surface area contributed by atoms with E-state index in [9.17, 15) is 9.59 Å². The van der Waals surface area contributed by atoms with Crippen LogP contribution in [0.15, 0.2) is 84.9 Å². The zero-order valence-electron chi connectivity index (χ0n) is 19.1. The van der Waals surface area contributed by atoms with Gasteiger partial charge >= 0.3 is 11.9 Å². The van der Waals surface area contributed by atoms with E-state index in [0.29, 0.717) is 28.2 Å². The molecule has 0 spiro atoms. The summed E-state index contributed by atoms with van der Waals surface area (Å²) in [5, 5.41) is 0. The summed E-state index contributed by atoms with van der Waals surface area (Å²) in [6.45, 7) is 5.96. The number of esters is 2. The fourth-order valence-electron chi connectivity index (χ4n) is 3.59. The van der Waals surface area contributed by atoms with Crippen LogP contribution in [0.4, 0.5) is 0 Å². The van der Waals surface area contributed by atoms with Crippen molar-refractivity contribution in [1.82, 2.24) is 0 Å². The molecule has 0 aliphatic carbocycles. The van der Waals surface area contributed by atoms with Crippen molar-refractivity contribution in [2.24, 2.45) is 0 Å². The number of benzene rings is 4. The van der Waals surface area contributed by atoms with E-state index in [1.165, 1.54) is 0 Å². The van der Waals surface area contributed by atoms with E-state index in [1.54, 1.807) is 54.6 Å². The number of halogens is 1. The van der Waals surface area contributed by atoms with E-state index in [1.807, 2.05) is 51.1 Å². The van der Waals surface area contributed by atoms with E-state index < -0.39 is 11.9 Å². The Kier molecular flexibility index (Phi) is 7.12. The minimum absolute atomic E-state index is 0.328. The number of ether oxygens (including phenoxy) is 2. The van der Waals surface area contributed by atoms with Gasteiger partial charge in [-0.2, -0.15) is 0 Å². The van der Waals surface area contributed by atoms with E-state index in [-0.39, 0.29) is 0 Å². The smallest absolute Gasteiger partial charge is 0.343 e. The molecule has 0 saturated heterocycles. The highest BCUT2D eigenvalue weighted by atomic mass is 127. The van der Waals surface area contributed by atoms with Crippen LogP contribution in [0.3, 0.4) is 0 Å². The van der Waals surface area contributed by atoms with Gasteiger partial charge in [0.25, 0.3) is 0 Å². The first-order valence-electron chi connectivity index (χ1n) is 10.8. The van der Waals surface area contributed by atoms with Gasteiger partial charge in [0, 0.05) is 9.13 Å². The second-order valence-corrected chi connectivity index (χ2v) is 9.11. The van der Waals surface area contributed by atoms with Gasteiger partial charge in [0.15, 0.2) is 0 Å². The molecule has 4 aromatic rings. The monoisotopic (exact) mass is 562 g/mol. The summed E-state index contributed by atoms with van der Waals surface area (Å²) in [5.74, 6) is -0.303. The Labute approximate surface area is 212 Å². The van der Waals surface area contributed by atoms with Crippen molar-refractivity contribution in [3.05, 3.63) is 116 Å². The SMILES string of the molecule is Cc1ccc(C(=O)Oc2cccc(OC(=O)c3ccccc3)c2-c2c(C)ccc(C)c2I)cc1. The highest BCUT2D eigenvalue weighted by Gasteiger charge is 2.23. The lowest BCUT2D eigenvalue weighted by Gasteiger charge is -2.19. The number of hydrogen-bond donors (Lipinski definition) is 0. The highest BCUT2D eigenvalue weighted by molar-refractivity contribution is 14.1. The molecule has 0 bridgehead atoms. The van der Waals surface area contributed by atoms with Gasteiger partial charge in [-0.25, -0.2) is 9.59 Å². The maximum Gasteiger partial charge on any atom is 0.343 e. The van der Waals surface area contributed by atoms with Gasteiger partial charge in [-0.3, -0.25) is 0 Å². The van der Waals surface area contributed by atoms with Crippen LogP contribution in [-0.4, -0.2) is 11.9 Å². The van der Waals surface area contributed by atoms with Crippen molar-refractivity contribution < 1.29 is 19.1 Å². The molecule has 0 aromatic heterocycles. The number of aryl methyl sites for hydroxylation is 3. The summed E-state index contributed by atoms with van der Waals surface area (Å²) in [7, 11) is 0. The summed E-state index contributed by atoms with van der Waals surface area (Å²) < 4.78 is 12.7. The molecule has 0 atom stereocenters. The van der Waals surface area contributed by atoms with Crippen LogP contribution in [-0.2, 0) is 0 Å². The fraction of sp³-hybridized carbons (Fsp3) is 0.103. The molecule has 0 saturated carbocycles. The van der Waals surface area contributed by atoms with Crippen LogP contribution >= 0.6 is 22.6 Å². The molecular weight excluding hydrogens is 539 g/mol. The molecule has 0 aliphatic heterocycles. The van der Waals surface area contributed by atoms with E-state index in [2.05, 4.69) is 22.6 Å². The molecule has 34 heavy (non-hydrogen) atoms. The minimum atomic E-state index is -0.482. The molecule has 0 amide bonds. The largest absolute Gasteiger partial charge is 0.422 e. The van der Waals surface area contributed by atoms with Crippen molar-refractivity contribution in [3.8, 4) is 22.6 Å². The minimum Gasteiger partial charge on any atom is -0.422 e. The molecule has 0 heterocycles. The quantitative estimate of drug-likeness (QED) is 0.145. The molecule has 4 rings (SSSR count). The Morgan fingerprint density at radius 1 is 0.588 bits per heavy atom. The molecule has 0 fully saturated rings. The lowest BCUT2D eigenvalue weighted by molar-refractivity contribution is 0.0734. The second-order valence-electron chi connectivity index (χ2n) is 8.03. The molecule has 4 nitrogen and oxygen atoms in total. The Balaban J connectivity index is 1.82. The zero-order chi connectivity index (χ0) is 24.2. The first-order chi connectivity index (χ1) is 16.3. The number of hydrogen-bond acceptors (Lipinski definition) is 4. The molecule has 0 N–H and O–H groups in total. The van der Waals surface area contributed by atoms with Crippen molar-refractivity contribution in [2.75, 3.05) is 0 Å². The third-order valence-electron chi connectivity index (χ3n) is 5.48. The van der Waals surface area contributed by atoms with Crippen molar-refractivity contribution in [1.29, 1.82) is 0 Å². The average molecular weight is 562 g/mol. The number of carbonyl (C=O) groups is 2. The third kappa shape index (κ3) is 5.04.